The third kappa shape index (κ3) is 2.54. The molecule has 0 unspecified atom stereocenters. The number of aromatic nitrogens is 2. The molecule has 24 heavy (non-hydrogen) atoms. The van der Waals surface area contributed by atoms with Crippen molar-refractivity contribution in [3.8, 4) is 5.69 Å². The van der Waals surface area contributed by atoms with Crippen molar-refractivity contribution in [1.82, 2.24) is 9.55 Å². The highest BCUT2D eigenvalue weighted by molar-refractivity contribution is 6.36. The van der Waals surface area contributed by atoms with E-state index in [1.165, 1.54) is 6.07 Å². The Balaban J connectivity index is 2.03. The van der Waals surface area contributed by atoms with E-state index in [-0.39, 0.29) is 12.1 Å². The third-order valence-corrected chi connectivity index (χ3v) is 4.43. The molecule has 1 aliphatic rings. The van der Waals surface area contributed by atoms with Gasteiger partial charge in [-0.1, -0.05) is 41.4 Å². The number of hydrogen-bond donors (Lipinski definition) is 0. The molecule has 2 aromatic carbocycles. The lowest BCUT2D eigenvalue weighted by atomic mass is 10.0. The first-order valence-electron chi connectivity index (χ1n) is 7.32. The van der Waals surface area contributed by atoms with Gasteiger partial charge >= 0.3 is 0 Å². The molecule has 0 aliphatic carbocycles. The number of aliphatic imine (C=N–C) groups is 1. The van der Waals surface area contributed by atoms with Crippen molar-refractivity contribution in [3.05, 3.63) is 92.1 Å². The van der Waals surface area contributed by atoms with Crippen molar-refractivity contribution in [2.24, 2.45) is 4.99 Å². The second kappa shape index (κ2) is 5.89. The maximum absolute atomic E-state index is 11.6. The van der Waals surface area contributed by atoms with Crippen LogP contribution in [0.5, 0.6) is 0 Å². The predicted octanol–water partition coefficient (Wildman–Crippen LogP) is 3.89. The summed E-state index contributed by atoms with van der Waals surface area (Å²) in [7, 11) is 0. The monoisotopic (exact) mass is 355 g/mol. The Labute approximate surface area is 148 Å². The number of fused-ring (bicyclic) bond motifs is 3. The molecule has 0 radical (unpaired) electrons. The standard InChI is InChI=1S/C18H11Cl2N3O/c19-11-5-6-15-13(9-11)18(12-3-1-2-4-14(12)20)21-10-16-22-17(24)7-8-23(15)16/h1-9H,10H2. The van der Waals surface area contributed by atoms with Crippen molar-refractivity contribution in [1.29, 1.82) is 0 Å². The van der Waals surface area contributed by atoms with Crippen LogP contribution in [-0.4, -0.2) is 15.3 Å². The molecule has 4 rings (SSSR count). The number of nitrogens with zero attached hydrogens (tertiary/aromatic N) is 3. The van der Waals surface area contributed by atoms with Gasteiger partial charge in [0.05, 0.1) is 17.9 Å². The lowest BCUT2D eigenvalue weighted by Crippen LogP contribution is -2.15. The fraction of sp³-hybridized carbons (Fsp3) is 0.0556. The smallest absolute Gasteiger partial charge is 0.272 e. The topological polar surface area (TPSA) is 47.2 Å². The third-order valence-electron chi connectivity index (χ3n) is 3.86. The van der Waals surface area contributed by atoms with Crippen molar-refractivity contribution in [2.75, 3.05) is 0 Å². The molecule has 1 aliphatic heterocycles. The zero-order valence-corrected chi connectivity index (χ0v) is 13.9. The van der Waals surface area contributed by atoms with Crippen LogP contribution in [0, 0.1) is 0 Å². The molecule has 2 heterocycles. The Morgan fingerprint density at radius 2 is 1.83 bits per heavy atom. The Morgan fingerprint density at radius 3 is 2.67 bits per heavy atom. The quantitative estimate of drug-likeness (QED) is 0.664. The molecule has 0 N–H and O–H groups in total. The molecule has 0 amide bonds. The van der Waals surface area contributed by atoms with Crippen LogP contribution in [-0.2, 0) is 6.54 Å². The minimum atomic E-state index is -0.284. The Bertz CT molecular complexity index is 1040. The summed E-state index contributed by atoms with van der Waals surface area (Å²) in [5.41, 5.74) is 2.97. The van der Waals surface area contributed by atoms with Crippen molar-refractivity contribution in [3.63, 3.8) is 0 Å². The molecule has 4 nitrogen and oxygen atoms in total. The summed E-state index contributed by atoms with van der Waals surface area (Å²) >= 11 is 12.6. The normalized spacial score (nSPS) is 12.8. The van der Waals surface area contributed by atoms with Gasteiger partial charge in [0.15, 0.2) is 0 Å². The molecule has 118 valence electrons. The Hall–Kier alpha value is -2.43. The van der Waals surface area contributed by atoms with E-state index in [1.54, 1.807) is 12.3 Å². The summed E-state index contributed by atoms with van der Waals surface area (Å²) in [6.07, 6.45) is 1.71. The lowest BCUT2D eigenvalue weighted by Gasteiger charge is -2.14. The largest absolute Gasteiger partial charge is 0.303 e. The summed E-state index contributed by atoms with van der Waals surface area (Å²) in [6, 6.07) is 14.5. The van der Waals surface area contributed by atoms with E-state index in [0.29, 0.717) is 15.9 Å². The molecule has 0 bridgehead atoms. The fourth-order valence-corrected chi connectivity index (χ4v) is 3.20. The van der Waals surface area contributed by atoms with E-state index in [1.807, 2.05) is 41.0 Å². The number of benzene rings is 2. The molecule has 3 aromatic rings. The summed E-state index contributed by atoms with van der Waals surface area (Å²) in [5, 5.41) is 1.21. The van der Waals surface area contributed by atoms with Gasteiger partial charge in [-0.3, -0.25) is 9.79 Å². The maximum Gasteiger partial charge on any atom is 0.272 e. The molecule has 0 atom stereocenters. The zero-order chi connectivity index (χ0) is 16.7. The predicted molar refractivity (Wildman–Crippen MR) is 95.6 cm³/mol. The second-order valence-electron chi connectivity index (χ2n) is 5.36. The summed E-state index contributed by atoms with van der Waals surface area (Å²) in [6.45, 7) is 0.281. The van der Waals surface area contributed by atoms with Crippen LogP contribution in [0.15, 0.2) is 64.5 Å². The highest BCUT2D eigenvalue weighted by atomic mass is 35.5. The Kier molecular flexibility index (Phi) is 3.71. The van der Waals surface area contributed by atoms with Gasteiger partial charge in [-0.15, -0.1) is 0 Å². The highest BCUT2D eigenvalue weighted by Crippen LogP contribution is 2.29. The number of hydrogen-bond acceptors (Lipinski definition) is 3. The fourth-order valence-electron chi connectivity index (χ4n) is 2.80. The van der Waals surface area contributed by atoms with Crippen LogP contribution < -0.4 is 5.56 Å². The minimum Gasteiger partial charge on any atom is -0.303 e. The van der Waals surface area contributed by atoms with E-state index in [0.717, 1.165) is 22.5 Å². The SMILES string of the molecule is O=c1ccn2c(n1)CN=C(c1ccccc1Cl)c1cc(Cl)ccc1-2. The van der Waals surface area contributed by atoms with E-state index in [9.17, 15) is 4.79 Å². The molecule has 6 heteroatoms. The van der Waals surface area contributed by atoms with Crippen LogP contribution in [0.1, 0.15) is 17.0 Å². The van der Waals surface area contributed by atoms with E-state index in [4.69, 9.17) is 23.2 Å². The van der Waals surface area contributed by atoms with Crippen LogP contribution in [0.4, 0.5) is 0 Å². The number of halogens is 2. The first kappa shape index (κ1) is 15.1. The molecule has 0 saturated carbocycles. The van der Waals surface area contributed by atoms with E-state index in [2.05, 4.69) is 9.98 Å². The van der Waals surface area contributed by atoms with Crippen molar-refractivity contribution in [2.45, 2.75) is 6.54 Å². The lowest BCUT2D eigenvalue weighted by molar-refractivity contribution is 0.819. The zero-order valence-electron chi connectivity index (χ0n) is 12.4. The van der Waals surface area contributed by atoms with Crippen LogP contribution in [0.25, 0.3) is 5.69 Å². The van der Waals surface area contributed by atoms with Gasteiger partial charge in [-0.05, 0) is 24.3 Å². The molecular weight excluding hydrogens is 345 g/mol. The van der Waals surface area contributed by atoms with Crippen LogP contribution >= 0.6 is 23.2 Å². The highest BCUT2D eigenvalue weighted by Gasteiger charge is 2.20. The minimum absolute atomic E-state index is 0.281. The van der Waals surface area contributed by atoms with Crippen LogP contribution in [0.3, 0.4) is 0 Å². The Morgan fingerprint density at radius 1 is 1.00 bits per heavy atom. The molecule has 1 aromatic heterocycles. The van der Waals surface area contributed by atoms with Gasteiger partial charge in [-0.25, -0.2) is 0 Å². The van der Waals surface area contributed by atoms with Gasteiger partial charge in [0, 0.05) is 33.4 Å². The van der Waals surface area contributed by atoms with Gasteiger partial charge < -0.3 is 4.57 Å². The van der Waals surface area contributed by atoms with Crippen molar-refractivity contribution >= 4 is 28.9 Å². The van der Waals surface area contributed by atoms with Gasteiger partial charge in [0.25, 0.3) is 5.56 Å². The van der Waals surface area contributed by atoms with Gasteiger partial charge in [0.1, 0.15) is 5.82 Å². The molecule has 0 fully saturated rings. The summed E-state index contributed by atoms with van der Waals surface area (Å²) < 4.78 is 1.86. The maximum atomic E-state index is 11.6. The van der Waals surface area contributed by atoms with Gasteiger partial charge in [0.2, 0.25) is 0 Å². The van der Waals surface area contributed by atoms with Crippen LogP contribution in [0.2, 0.25) is 10.0 Å². The van der Waals surface area contributed by atoms with E-state index >= 15 is 0 Å². The average Bonchev–Trinajstić information content (AvgIpc) is 2.72. The molecule has 0 saturated heterocycles. The first-order chi connectivity index (χ1) is 11.6. The first-order valence-corrected chi connectivity index (χ1v) is 8.07. The average molecular weight is 356 g/mol. The number of rotatable bonds is 1. The van der Waals surface area contributed by atoms with Crippen molar-refractivity contribution < 1.29 is 0 Å². The summed E-state index contributed by atoms with van der Waals surface area (Å²) in [4.78, 5) is 20.4. The molecular formula is C18H11Cl2N3O. The van der Waals surface area contributed by atoms with E-state index < -0.39 is 0 Å². The second-order valence-corrected chi connectivity index (χ2v) is 6.20. The molecule has 0 spiro atoms. The van der Waals surface area contributed by atoms with Gasteiger partial charge in [-0.2, -0.15) is 4.98 Å². The summed E-state index contributed by atoms with van der Waals surface area (Å²) in [5.74, 6) is 0.577.